The molecule has 0 atom stereocenters. The lowest BCUT2D eigenvalue weighted by molar-refractivity contribution is 0.0343. The van der Waals surface area contributed by atoms with Gasteiger partial charge >= 0.3 is 7.12 Å². The van der Waals surface area contributed by atoms with E-state index in [0.717, 1.165) is 5.46 Å². The van der Waals surface area contributed by atoms with Gasteiger partial charge in [0.05, 0.1) is 12.1 Å². The van der Waals surface area contributed by atoms with Gasteiger partial charge in [0.2, 0.25) is 0 Å². The summed E-state index contributed by atoms with van der Waals surface area (Å²) < 4.78 is 16.6. The molecule has 0 bridgehead atoms. The Balaban J connectivity index is 2.13. The van der Waals surface area contributed by atoms with Crippen molar-refractivity contribution in [1.29, 1.82) is 0 Å². The third kappa shape index (κ3) is 2.95. The molecule has 1 saturated heterocycles. The number of benzene rings is 1. The maximum Gasteiger partial charge on any atom is 0.494 e. The van der Waals surface area contributed by atoms with Crippen LogP contribution in [0, 0.1) is 5.41 Å². The lowest BCUT2D eigenvalue weighted by atomic mass is 9.76. The molecule has 0 saturated carbocycles. The topological polar surface area (TPSA) is 27.7 Å². The standard InChI is InChI=1S/C12H16BClO3/c1-12(2)7-16-13(17-8-12)9-4-5-10(14)11(6-9)15-3/h4-6H,7-8H2,1-3H3. The van der Waals surface area contributed by atoms with E-state index >= 15 is 0 Å². The first-order valence-electron chi connectivity index (χ1n) is 5.58. The molecule has 0 spiro atoms. The van der Waals surface area contributed by atoms with Crippen LogP contribution >= 0.6 is 11.6 Å². The van der Waals surface area contributed by atoms with E-state index in [1.54, 1.807) is 13.2 Å². The van der Waals surface area contributed by atoms with E-state index in [0.29, 0.717) is 24.0 Å². The van der Waals surface area contributed by atoms with Crippen molar-refractivity contribution in [3.8, 4) is 5.75 Å². The van der Waals surface area contributed by atoms with Gasteiger partial charge in [-0.1, -0.05) is 31.5 Å². The van der Waals surface area contributed by atoms with Crippen LogP contribution in [0.2, 0.25) is 5.02 Å². The van der Waals surface area contributed by atoms with Crippen molar-refractivity contribution in [3.05, 3.63) is 23.2 Å². The predicted octanol–water partition coefficient (Wildman–Crippen LogP) is 2.12. The lowest BCUT2D eigenvalue weighted by Crippen LogP contribution is -2.47. The molecule has 0 unspecified atom stereocenters. The average molecular weight is 255 g/mol. The molecule has 5 heteroatoms. The van der Waals surface area contributed by atoms with Crippen LogP contribution in [-0.2, 0) is 9.31 Å². The van der Waals surface area contributed by atoms with Gasteiger partial charge in [-0.05, 0) is 17.6 Å². The molecule has 3 nitrogen and oxygen atoms in total. The van der Waals surface area contributed by atoms with E-state index in [4.69, 9.17) is 25.6 Å². The van der Waals surface area contributed by atoms with Crippen LogP contribution < -0.4 is 10.2 Å². The molecule has 0 amide bonds. The molecule has 0 aromatic heterocycles. The minimum absolute atomic E-state index is 0.0764. The van der Waals surface area contributed by atoms with Crippen LogP contribution in [0.4, 0.5) is 0 Å². The smallest absolute Gasteiger partial charge is 0.494 e. The molecule has 0 N–H and O–H groups in total. The minimum Gasteiger partial charge on any atom is -0.495 e. The van der Waals surface area contributed by atoms with E-state index < -0.39 is 0 Å². The fourth-order valence-electron chi connectivity index (χ4n) is 1.71. The van der Waals surface area contributed by atoms with Crippen LogP contribution in [0.5, 0.6) is 5.75 Å². The van der Waals surface area contributed by atoms with Crippen LogP contribution in [0.3, 0.4) is 0 Å². The number of rotatable bonds is 2. The Morgan fingerprint density at radius 2 is 1.94 bits per heavy atom. The normalized spacial score (nSPS) is 19.2. The summed E-state index contributed by atoms with van der Waals surface area (Å²) in [7, 11) is 1.27. The number of methoxy groups -OCH3 is 1. The maximum absolute atomic E-state index is 5.97. The van der Waals surface area contributed by atoms with Crippen LogP contribution in [0.25, 0.3) is 0 Å². The van der Waals surface area contributed by atoms with Gasteiger partial charge in [0, 0.05) is 18.6 Å². The molecule has 0 radical (unpaired) electrons. The highest BCUT2D eigenvalue weighted by Crippen LogP contribution is 2.24. The predicted molar refractivity (Wildman–Crippen MR) is 69.1 cm³/mol. The summed E-state index contributed by atoms with van der Waals surface area (Å²) in [4.78, 5) is 0. The zero-order valence-corrected chi connectivity index (χ0v) is 11.1. The van der Waals surface area contributed by atoms with Crippen LogP contribution in [-0.4, -0.2) is 27.4 Å². The Hall–Kier alpha value is -0.705. The minimum atomic E-state index is -0.325. The number of ether oxygens (including phenoxy) is 1. The third-order valence-corrected chi connectivity index (χ3v) is 3.01. The monoisotopic (exact) mass is 254 g/mol. The highest BCUT2D eigenvalue weighted by atomic mass is 35.5. The Morgan fingerprint density at radius 3 is 2.53 bits per heavy atom. The summed E-state index contributed by atoms with van der Waals surface area (Å²) in [6, 6.07) is 5.54. The summed E-state index contributed by atoms with van der Waals surface area (Å²) >= 11 is 5.97. The van der Waals surface area contributed by atoms with Gasteiger partial charge in [-0.2, -0.15) is 0 Å². The van der Waals surface area contributed by atoms with Gasteiger partial charge in [-0.25, -0.2) is 0 Å². The molecule has 92 valence electrons. The van der Waals surface area contributed by atoms with Crippen molar-refractivity contribution in [3.63, 3.8) is 0 Å². The molecular formula is C12H16BClO3. The summed E-state index contributed by atoms with van der Waals surface area (Å²) in [5.74, 6) is 0.640. The maximum atomic E-state index is 5.97. The van der Waals surface area contributed by atoms with Crippen molar-refractivity contribution in [2.24, 2.45) is 5.41 Å². The second-order valence-electron chi connectivity index (χ2n) is 5.01. The molecule has 17 heavy (non-hydrogen) atoms. The Morgan fingerprint density at radius 1 is 1.29 bits per heavy atom. The highest BCUT2D eigenvalue weighted by molar-refractivity contribution is 6.61. The van der Waals surface area contributed by atoms with Crippen molar-refractivity contribution in [2.45, 2.75) is 13.8 Å². The summed E-state index contributed by atoms with van der Waals surface area (Å²) in [6.07, 6.45) is 0. The second-order valence-corrected chi connectivity index (χ2v) is 5.42. The fraction of sp³-hybridized carbons (Fsp3) is 0.500. The van der Waals surface area contributed by atoms with Gasteiger partial charge in [-0.15, -0.1) is 0 Å². The average Bonchev–Trinajstić information content (AvgIpc) is 2.30. The Bertz CT molecular complexity index is 399. The first-order chi connectivity index (χ1) is 8.02. The Labute approximate surface area is 107 Å². The SMILES string of the molecule is COc1cc(B2OCC(C)(C)CO2)ccc1Cl. The van der Waals surface area contributed by atoms with Crippen molar-refractivity contribution in [2.75, 3.05) is 20.3 Å². The molecule has 1 aromatic rings. The lowest BCUT2D eigenvalue weighted by Gasteiger charge is -2.33. The van der Waals surface area contributed by atoms with Gasteiger partial charge < -0.3 is 14.0 Å². The van der Waals surface area contributed by atoms with Gasteiger partial charge in [0.1, 0.15) is 5.75 Å². The van der Waals surface area contributed by atoms with Gasteiger partial charge in [0.25, 0.3) is 0 Å². The first-order valence-corrected chi connectivity index (χ1v) is 5.96. The van der Waals surface area contributed by atoms with E-state index in [1.165, 1.54) is 0 Å². The first kappa shape index (κ1) is 12.7. The van der Waals surface area contributed by atoms with Gasteiger partial charge in [0.15, 0.2) is 0 Å². The Kier molecular flexibility index (Phi) is 3.66. The second kappa shape index (κ2) is 4.88. The van der Waals surface area contributed by atoms with Crippen molar-refractivity contribution in [1.82, 2.24) is 0 Å². The third-order valence-electron chi connectivity index (χ3n) is 2.70. The van der Waals surface area contributed by atoms with E-state index in [9.17, 15) is 0 Å². The fourth-order valence-corrected chi connectivity index (χ4v) is 1.90. The zero-order valence-electron chi connectivity index (χ0n) is 10.3. The summed E-state index contributed by atoms with van der Waals surface area (Å²) in [6.45, 7) is 5.60. The summed E-state index contributed by atoms with van der Waals surface area (Å²) in [5, 5.41) is 0.590. The largest absolute Gasteiger partial charge is 0.495 e. The highest BCUT2D eigenvalue weighted by Gasteiger charge is 2.33. The van der Waals surface area contributed by atoms with Crippen molar-refractivity contribution >= 4 is 24.2 Å². The van der Waals surface area contributed by atoms with Crippen molar-refractivity contribution < 1.29 is 14.0 Å². The van der Waals surface area contributed by atoms with Crippen LogP contribution in [0.15, 0.2) is 18.2 Å². The molecule has 2 rings (SSSR count). The molecule has 1 aliphatic rings. The number of hydrogen-bond acceptors (Lipinski definition) is 3. The van der Waals surface area contributed by atoms with E-state index in [1.807, 2.05) is 12.1 Å². The number of hydrogen-bond donors (Lipinski definition) is 0. The van der Waals surface area contributed by atoms with Gasteiger partial charge in [-0.3, -0.25) is 0 Å². The van der Waals surface area contributed by atoms with E-state index in [-0.39, 0.29) is 12.5 Å². The summed E-state index contributed by atoms with van der Waals surface area (Å²) in [5.41, 5.74) is 1.01. The molecule has 1 aromatic carbocycles. The zero-order chi connectivity index (χ0) is 12.5. The quantitative estimate of drug-likeness (QED) is 0.757. The molecule has 1 aliphatic heterocycles. The molecular weight excluding hydrogens is 238 g/mol. The molecule has 1 fully saturated rings. The van der Waals surface area contributed by atoms with Crippen LogP contribution in [0.1, 0.15) is 13.8 Å². The molecule has 0 aliphatic carbocycles. The van der Waals surface area contributed by atoms with E-state index in [2.05, 4.69) is 13.8 Å². The number of halogens is 1. The molecule has 1 heterocycles.